The molecule has 2 nitrogen and oxygen atoms in total. The molecular formula is C13H12BrNOS. The molecule has 0 aliphatic carbocycles. The summed E-state index contributed by atoms with van der Waals surface area (Å²) < 4.78 is 0.674. The second-order valence-electron chi connectivity index (χ2n) is 3.86. The van der Waals surface area contributed by atoms with Crippen LogP contribution in [0.1, 0.15) is 25.7 Å². The van der Waals surface area contributed by atoms with Crippen molar-refractivity contribution in [2.75, 3.05) is 5.73 Å². The van der Waals surface area contributed by atoms with Crippen LogP contribution >= 0.6 is 27.3 Å². The Balaban J connectivity index is 2.51. The summed E-state index contributed by atoms with van der Waals surface area (Å²) in [6.07, 6.45) is 0. The first kappa shape index (κ1) is 12.3. The predicted molar refractivity (Wildman–Crippen MR) is 75.8 cm³/mol. The average molecular weight is 310 g/mol. The molecule has 1 heterocycles. The van der Waals surface area contributed by atoms with Crippen LogP contribution < -0.4 is 5.73 Å². The second-order valence-corrected chi connectivity index (χ2v) is 6.12. The van der Waals surface area contributed by atoms with Gasteiger partial charge in [0.25, 0.3) is 0 Å². The van der Waals surface area contributed by atoms with Crippen molar-refractivity contribution in [3.05, 3.63) is 49.6 Å². The van der Waals surface area contributed by atoms with Crippen LogP contribution in [0, 0.1) is 13.8 Å². The number of carbonyl (C=O) groups excluding carboxylic acids is 1. The normalized spacial score (nSPS) is 10.5. The first-order valence-electron chi connectivity index (χ1n) is 5.16. The Hall–Kier alpha value is -1.13. The zero-order valence-electron chi connectivity index (χ0n) is 9.58. The van der Waals surface area contributed by atoms with Gasteiger partial charge in [0.1, 0.15) is 0 Å². The maximum Gasteiger partial charge on any atom is 0.195 e. The number of nitrogens with two attached hydrogens (primary N) is 1. The Morgan fingerprint density at radius 2 is 2.00 bits per heavy atom. The minimum atomic E-state index is 0.0195. The van der Waals surface area contributed by atoms with Gasteiger partial charge >= 0.3 is 0 Å². The van der Waals surface area contributed by atoms with E-state index in [1.807, 2.05) is 19.9 Å². The molecule has 4 heteroatoms. The lowest BCUT2D eigenvalue weighted by molar-refractivity contribution is 0.103. The van der Waals surface area contributed by atoms with Gasteiger partial charge in [0.2, 0.25) is 0 Å². The molecule has 0 saturated heterocycles. The Bertz CT molecular complexity index is 589. The molecule has 0 fully saturated rings. The van der Waals surface area contributed by atoms with Crippen LogP contribution in [0.4, 0.5) is 5.69 Å². The largest absolute Gasteiger partial charge is 0.398 e. The molecule has 1 aromatic carbocycles. The number of carbonyl (C=O) groups is 1. The molecule has 88 valence electrons. The number of nitrogen functional groups attached to an aromatic ring is 1. The molecule has 0 radical (unpaired) electrons. The molecule has 2 aromatic rings. The summed E-state index contributed by atoms with van der Waals surface area (Å²) in [7, 11) is 0. The summed E-state index contributed by atoms with van der Waals surface area (Å²) >= 11 is 5.00. The van der Waals surface area contributed by atoms with Gasteiger partial charge in [-0.2, -0.15) is 0 Å². The molecule has 1 aromatic heterocycles. The van der Waals surface area contributed by atoms with Gasteiger partial charge in [-0.15, -0.1) is 11.3 Å². The van der Waals surface area contributed by atoms with Gasteiger partial charge in [0, 0.05) is 26.6 Å². The van der Waals surface area contributed by atoms with E-state index in [0.29, 0.717) is 15.7 Å². The number of benzene rings is 1. The van der Waals surface area contributed by atoms with Crippen LogP contribution in [0.5, 0.6) is 0 Å². The fourth-order valence-electron chi connectivity index (χ4n) is 1.73. The van der Waals surface area contributed by atoms with Crippen LogP contribution in [0.25, 0.3) is 0 Å². The third kappa shape index (κ3) is 2.28. The Labute approximate surface area is 113 Å². The van der Waals surface area contributed by atoms with Gasteiger partial charge < -0.3 is 5.73 Å². The lowest BCUT2D eigenvalue weighted by Crippen LogP contribution is -2.04. The van der Waals surface area contributed by atoms with Crippen LogP contribution in [-0.2, 0) is 0 Å². The second kappa shape index (κ2) is 4.63. The Morgan fingerprint density at radius 1 is 1.29 bits per heavy atom. The van der Waals surface area contributed by atoms with Gasteiger partial charge in [-0.3, -0.25) is 4.79 Å². The zero-order chi connectivity index (χ0) is 12.6. The highest BCUT2D eigenvalue weighted by molar-refractivity contribution is 9.10. The van der Waals surface area contributed by atoms with E-state index in [1.54, 1.807) is 29.5 Å². The van der Waals surface area contributed by atoms with Gasteiger partial charge in [-0.05, 0) is 48.0 Å². The highest BCUT2D eigenvalue weighted by atomic mass is 79.9. The van der Waals surface area contributed by atoms with E-state index in [1.165, 1.54) is 0 Å². The van der Waals surface area contributed by atoms with Crippen molar-refractivity contribution in [2.24, 2.45) is 0 Å². The van der Waals surface area contributed by atoms with E-state index in [-0.39, 0.29) is 5.78 Å². The number of aryl methyl sites for hydroxylation is 2. The smallest absolute Gasteiger partial charge is 0.195 e. The molecule has 0 aliphatic heterocycles. The van der Waals surface area contributed by atoms with Crippen molar-refractivity contribution in [1.82, 2.24) is 0 Å². The number of anilines is 1. The monoisotopic (exact) mass is 309 g/mol. The SMILES string of the molecule is Cc1cc(C(=O)c2cccc(N)c2Br)c(C)s1. The summed E-state index contributed by atoms with van der Waals surface area (Å²) in [6.45, 7) is 3.97. The average Bonchev–Trinajstić information content (AvgIpc) is 2.61. The third-order valence-corrected chi connectivity index (χ3v) is 4.41. The topological polar surface area (TPSA) is 43.1 Å². The summed E-state index contributed by atoms with van der Waals surface area (Å²) in [5.74, 6) is 0.0195. The van der Waals surface area contributed by atoms with Crippen molar-refractivity contribution in [3.63, 3.8) is 0 Å². The summed E-state index contributed by atoms with van der Waals surface area (Å²) in [6, 6.07) is 7.28. The van der Waals surface area contributed by atoms with Crippen molar-refractivity contribution < 1.29 is 4.79 Å². The lowest BCUT2D eigenvalue weighted by Gasteiger charge is -2.05. The van der Waals surface area contributed by atoms with Gasteiger partial charge in [-0.25, -0.2) is 0 Å². The van der Waals surface area contributed by atoms with E-state index in [4.69, 9.17) is 5.73 Å². The van der Waals surface area contributed by atoms with Gasteiger partial charge in [0.15, 0.2) is 5.78 Å². The number of rotatable bonds is 2. The quantitative estimate of drug-likeness (QED) is 0.674. The maximum atomic E-state index is 12.4. The summed E-state index contributed by atoms with van der Waals surface area (Å²) in [5, 5.41) is 0. The van der Waals surface area contributed by atoms with Crippen LogP contribution in [-0.4, -0.2) is 5.78 Å². The fraction of sp³-hybridized carbons (Fsp3) is 0.154. The standard InChI is InChI=1S/C13H12BrNOS/c1-7-6-10(8(2)17-7)13(16)9-4-3-5-11(15)12(9)14/h3-6H,15H2,1-2H3. The predicted octanol–water partition coefficient (Wildman–Crippen LogP) is 3.94. The first-order chi connectivity index (χ1) is 8.00. The van der Waals surface area contributed by atoms with Crippen molar-refractivity contribution >= 4 is 38.7 Å². The molecule has 2 N–H and O–H groups in total. The summed E-state index contributed by atoms with van der Waals surface area (Å²) in [4.78, 5) is 14.6. The van der Waals surface area contributed by atoms with Gasteiger partial charge in [-0.1, -0.05) is 6.07 Å². The number of ketones is 1. The first-order valence-corrected chi connectivity index (χ1v) is 6.77. The molecule has 2 rings (SSSR count). The van der Waals surface area contributed by atoms with E-state index >= 15 is 0 Å². The highest BCUT2D eigenvalue weighted by Gasteiger charge is 2.17. The fourth-order valence-corrected chi connectivity index (χ4v) is 3.09. The van der Waals surface area contributed by atoms with E-state index in [0.717, 1.165) is 15.3 Å². The van der Waals surface area contributed by atoms with Crippen molar-refractivity contribution in [3.8, 4) is 0 Å². The minimum absolute atomic E-state index is 0.0195. The molecule has 0 saturated carbocycles. The van der Waals surface area contributed by atoms with Crippen LogP contribution in [0.2, 0.25) is 0 Å². The third-order valence-electron chi connectivity index (χ3n) is 2.56. The zero-order valence-corrected chi connectivity index (χ0v) is 12.0. The molecule has 0 atom stereocenters. The van der Waals surface area contributed by atoms with Crippen LogP contribution in [0.3, 0.4) is 0 Å². The number of thiophene rings is 1. The Morgan fingerprint density at radius 3 is 2.59 bits per heavy atom. The number of hydrogen-bond acceptors (Lipinski definition) is 3. The molecule has 0 unspecified atom stereocenters. The van der Waals surface area contributed by atoms with Gasteiger partial charge in [0.05, 0.1) is 4.47 Å². The number of halogens is 1. The lowest BCUT2D eigenvalue weighted by atomic mass is 10.0. The molecular weight excluding hydrogens is 298 g/mol. The van der Waals surface area contributed by atoms with Crippen molar-refractivity contribution in [1.29, 1.82) is 0 Å². The minimum Gasteiger partial charge on any atom is -0.398 e. The number of hydrogen-bond donors (Lipinski definition) is 1. The van der Waals surface area contributed by atoms with Crippen molar-refractivity contribution in [2.45, 2.75) is 13.8 Å². The maximum absolute atomic E-state index is 12.4. The van der Waals surface area contributed by atoms with E-state index in [2.05, 4.69) is 15.9 Å². The van der Waals surface area contributed by atoms with E-state index in [9.17, 15) is 4.79 Å². The molecule has 0 amide bonds. The Kier molecular flexibility index (Phi) is 3.35. The van der Waals surface area contributed by atoms with Crippen LogP contribution in [0.15, 0.2) is 28.7 Å². The molecule has 0 bridgehead atoms. The molecule has 0 aliphatic rings. The highest BCUT2D eigenvalue weighted by Crippen LogP contribution is 2.29. The molecule has 17 heavy (non-hydrogen) atoms. The summed E-state index contributed by atoms with van der Waals surface area (Å²) in [5.41, 5.74) is 7.75. The molecule has 0 spiro atoms. The van der Waals surface area contributed by atoms with E-state index < -0.39 is 0 Å².